The van der Waals surface area contributed by atoms with Gasteiger partial charge in [-0.15, -0.1) is 0 Å². The lowest BCUT2D eigenvalue weighted by Gasteiger charge is -2.05. The molecule has 7 heteroatoms. The van der Waals surface area contributed by atoms with E-state index < -0.39 is 33.1 Å². The van der Waals surface area contributed by atoms with Crippen molar-refractivity contribution in [3.63, 3.8) is 0 Å². The molecule has 0 bridgehead atoms. The lowest BCUT2D eigenvalue weighted by Crippen LogP contribution is -2.14. The summed E-state index contributed by atoms with van der Waals surface area (Å²) in [5.74, 6) is -2.30. The maximum absolute atomic E-state index is 13.5. The van der Waals surface area contributed by atoms with Gasteiger partial charge < -0.3 is 4.74 Å². The highest BCUT2D eigenvalue weighted by Gasteiger charge is 2.17. The van der Waals surface area contributed by atoms with Gasteiger partial charge in [-0.1, -0.05) is 6.07 Å². The number of methoxy groups -OCH3 is 1. The topological polar surface area (TPSA) is 84.2 Å². The third-order valence-corrected chi connectivity index (χ3v) is 3.98. The minimum Gasteiger partial charge on any atom is -0.469 e. The number of hydrogen-bond acceptors (Lipinski definition) is 5. The van der Waals surface area contributed by atoms with Gasteiger partial charge in [0.1, 0.15) is 5.82 Å². The average Bonchev–Trinajstić information content (AvgIpc) is 2.38. The SMILES string of the molecule is COC(=O)CCS(=O)(=O)Cc1ccc(C#N)cc1F. The first kappa shape index (κ1) is 15.1. The summed E-state index contributed by atoms with van der Waals surface area (Å²) in [6, 6.07) is 5.33. The maximum atomic E-state index is 13.5. The fourth-order valence-electron chi connectivity index (χ4n) is 1.38. The summed E-state index contributed by atoms with van der Waals surface area (Å²) in [7, 11) is -2.44. The number of rotatable bonds is 5. The highest BCUT2D eigenvalue weighted by molar-refractivity contribution is 7.90. The molecule has 0 fully saturated rings. The molecule has 0 amide bonds. The normalized spacial score (nSPS) is 10.8. The number of carbonyl (C=O) groups is 1. The molecule has 0 aliphatic carbocycles. The van der Waals surface area contributed by atoms with Gasteiger partial charge in [-0.2, -0.15) is 5.26 Å². The monoisotopic (exact) mass is 285 g/mol. The Bertz CT molecular complexity index is 619. The van der Waals surface area contributed by atoms with Crippen molar-refractivity contribution in [3.8, 4) is 6.07 Å². The molecule has 0 aliphatic rings. The number of nitrogens with zero attached hydrogens (tertiary/aromatic N) is 1. The number of halogens is 1. The Morgan fingerprint density at radius 1 is 1.47 bits per heavy atom. The van der Waals surface area contributed by atoms with Crippen LogP contribution in [0, 0.1) is 17.1 Å². The van der Waals surface area contributed by atoms with Gasteiger partial charge >= 0.3 is 5.97 Å². The number of sulfone groups is 1. The van der Waals surface area contributed by atoms with Crippen molar-refractivity contribution in [3.05, 3.63) is 35.1 Å². The van der Waals surface area contributed by atoms with E-state index in [2.05, 4.69) is 4.74 Å². The van der Waals surface area contributed by atoms with E-state index in [4.69, 9.17) is 5.26 Å². The molecule has 19 heavy (non-hydrogen) atoms. The van der Waals surface area contributed by atoms with Gasteiger partial charge in [0, 0.05) is 5.56 Å². The van der Waals surface area contributed by atoms with Gasteiger partial charge in [0.05, 0.1) is 36.7 Å². The molecule has 1 aromatic rings. The summed E-state index contributed by atoms with van der Waals surface area (Å²) >= 11 is 0. The van der Waals surface area contributed by atoms with Crippen molar-refractivity contribution < 1.29 is 22.3 Å². The molecule has 0 heterocycles. The van der Waals surface area contributed by atoms with Crippen molar-refractivity contribution in [2.24, 2.45) is 0 Å². The highest BCUT2D eigenvalue weighted by atomic mass is 32.2. The molecular formula is C12H12FNO4S. The van der Waals surface area contributed by atoms with Gasteiger partial charge in [-0.05, 0) is 12.1 Å². The van der Waals surface area contributed by atoms with Crippen LogP contribution < -0.4 is 0 Å². The molecule has 0 atom stereocenters. The van der Waals surface area contributed by atoms with Crippen LogP contribution in [0.5, 0.6) is 0 Å². The Labute approximate surface area is 110 Å². The maximum Gasteiger partial charge on any atom is 0.306 e. The smallest absolute Gasteiger partial charge is 0.306 e. The molecular weight excluding hydrogens is 273 g/mol. The van der Waals surface area contributed by atoms with Gasteiger partial charge in [-0.25, -0.2) is 12.8 Å². The predicted molar refractivity (Wildman–Crippen MR) is 65.2 cm³/mol. The molecule has 0 aromatic heterocycles. The van der Waals surface area contributed by atoms with Crippen molar-refractivity contribution in [2.45, 2.75) is 12.2 Å². The zero-order valence-corrected chi connectivity index (χ0v) is 11.0. The van der Waals surface area contributed by atoms with Crippen LogP contribution in [0.2, 0.25) is 0 Å². The Morgan fingerprint density at radius 2 is 2.16 bits per heavy atom. The zero-order chi connectivity index (χ0) is 14.5. The number of ether oxygens (including phenoxy) is 1. The Kier molecular flexibility index (Phi) is 5.01. The second kappa shape index (κ2) is 6.29. The summed E-state index contributed by atoms with van der Waals surface area (Å²) in [5, 5.41) is 8.57. The molecule has 102 valence electrons. The number of nitriles is 1. The number of hydrogen-bond donors (Lipinski definition) is 0. The fourth-order valence-corrected chi connectivity index (χ4v) is 2.71. The Balaban J connectivity index is 2.79. The predicted octanol–water partition coefficient (Wildman–Crippen LogP) is 1.18. The molecule has 1 rings (SSSR count). The summed E-state index contributed by atoms with van der Waals surface area (Å²) in [4.78, 5) is 10.9. The third-order valence-electron chi connectivity index (χ3n) is 2.40. The zero-order valence-electron chi connectivity index (χ0n) is 10.2. The van der Waals surface area contributed by atoms with E-state index in [1.165, 1.54) is 12.1 Å². The van der Waals surface area contributed by atoms with Crippen molar-refractivity contribution in [1.29, 1.82) is 5.26 Å². The van der Waals surface area contributed by atoms with Gasteiger partial charge in [-0.3, -0.25) is 4.79 Å². The van der Waals surface area contributed by atoms with Crippen molar-refractivity contribution in [1.82, 2.24) is 0 Å². The van der Waals surface area contributed by atoms with Crippen LogP contribution in [-0.2, 0) is 25.1 Å². The van der Waals surface area contributed by atoms with E-state index in [-0.39, 0.29) is 17.5 Å². The number of carbonyl (C=O) groups excluding carboxylic acids is 1. The van der Waals surface area contributed by atoms with E-state index in [1.54, 1.807) is 6.07 Å². The lowest BCUT2D eigenvalue weighted by atomic mass is 10.1. The second-order valence-electron chi connectivity index (χ2n) is 3.84. The molecule has 1 aromatic carbocycles. The minimum atomic E-state index is -3.61. The third kappa shape index (κ3) is 4.67. The Hall–Kier alpha value is -1.94. The number of esters is 1. The van der Waals surface area contributed by atoms with E-state index in [0.29, 0.717) is 0 Å². The molecule has 0 N–H and O–H groups in total. The van der Waals surface area contributed by atoms with Crippen LogP contribution in [0.15, 0.2) is 18.2 Å². The first-order valence-corrected chi connectivity index (χ1v) is 7.16. The van der Waals surface area contributed by atoms with E-state index in [1.807, 2.05) is 0 Å². The molecule has 0 unspecified atom stereocenters. The molecule has 0 saturated carbocycles. The second-order valence-corrected chi connectivity index (χ2v) is 6.02. The molecule has 0 spiro atoms. The highest BCUT2D eigenvalue weighted by Crippen LogP contribution is 2.14. The van der Waals surface area contributed by atoms with Crippen LogP contribution in [0.25, 0.3) is 0 Å². The van der Waals surface area contributed by atoms with Crippen LogP contribution >= 0.6 is 0 Å². The van der Waals surface area contributed by atoms with E-state index in [9.17, 15) is 17.6 Å². The minimum absolute atomic E-state index is 0.0242. The lowest BCUT2D eigenvalue weighted by molar-refractivity contribution is -0.140. The summed E-state index contributed by atoms with van der Waals surface area (Å²) in [6.45, 7) is 0. The van der Waals surface area contributed by atoms with E-state index >= 15 is 0 Å². The summed E-state index contributed by atoms with van der Waals surface area (Å²) < 4.78 is 41.2. The quantitative estimate of drug-likeness (QED) is 0.758. The average molecular weight is 285 g/mol. The molecule has 5 nitrogen and oxygen atoms in total. The first-order valence-electron chi connectivity index (χ1n) is 5.33. The first-order chi connectivity index (χ1) is 8.88. The largest absolute Gasteiger partial charge is 0.469 e. The van der Waals surface area contributed by atoms with Crippen molar-refractivity contribution >= 4 is 15.8 Å². The van der Waals surface area contributed by atoms with Crippen LogP contribution in [0.4, 0.5) is 4.39 Å². The number of benzene rings is 1. The van der Waals surface area contributed by atoms with Crippen LogP contribution in [-0.4, -0.2) is 27.2 Å². The summed E-state index contributed by atoms with van der Waals surface area (Å²) in [5.41, 5.74) is 0.0945. The van der Waals surface area contributed by atoms with Crippen molar-refractivity contribution in [2.75, 3.05) is 12.9 Å². The fraction of sp³-hybridized carbons (Fsp3) is 0.333. The van der Waals surface area contributed by atoms with Gasteiger partial charge in [0.15, 0.2) is 9.84 Å². The van der Waals surface area contributed by atoms with Gasteiger partial charge in [0.2, 0.25) is 0 Å². The van der Waals surface area contributed by atoms with Crippen LogP contribution in [0.1, 0.15) is 17.5 Å². The molecule has 0 radical (unpaired) electrons. The standard InChI is InChI=1S/C12H12FNO4S/c1-18-12(15)4-5-19(16,17)8-10-3-2-9(7-14)6-11(10)13/h2-3,6H,4-5,8H2,1H3. The Morgan fingerprint density at radius 3 is 2.68 bits per heavy atom. The molecule has 0 aliphatic heterocycles. The summed E-state index contributed by atoms with van der Waals surface area (Å²) in [6.07, 6.45) is -0.267. The van der Waals surface area contributed by atoms with Crippen LogP contribution in [0.3, 0.4) is 0 Å². The van der Waals surface area contributed by atoms with Gasteiger partial charge in [0.25, 0.3) is 0 Å². The van der Waals surface area contributed by atoms with E-state index in [0.717, 1.165) is 13.2 Å². The molecule has 0 saturated heterocycles.